The van der Waals surface area contributed by atoms with Crippen LogP contribution in [0.3, 0.4) is 0 Å². The van der Waals surface area contributed by atoms with Crippen LogP contribution in [-0.2, 0) is 19.7 Å². The molecule has 2 aromatic rings. The normalized spacial score (nSPS) is 20.1. The van der Waals surface area contributed by atoms with Crippen molar-refractivity contribution in [1.82, 2.24) is 0 Å². The molecule has 0 saturated carbocycles. The molecule has 1 unspecified atom stereocenters. The fourth-order valence-electron chi connectivity index (χ4n) is 3.17. The van der Waals surface area contributed by atoms with Crippen LogP contribution in [0.2, 0.25) is 0 Å². The van der Waals surface area contributed by atoms with Gasteiger partial charge in [0.25, 0.3) is 5.91 Å². The van der Waals surface area contributed by atoms with Crippen LogP contribution in [0.5, 0.6) is 11.5 Å². The Kier molecular flexibility index (Phi) is 4.54. The van der Waals surface area contributed by atoms with Crippen molar-refractivity contribution in [3.63, 3.8) is 0 Å². The van der Waals surface area contributed by atoms with Crippen molar-refractivity contribution in [2.45, 2.75) is 16.6 Å². The summed E-state index contributed by atoms with van der Waals surface area (Å²) >= 11 is 0. The molecule has 1 saturated heterocycles. The van der Waals surface area contributed by atoms with Gasteiger partial charge in [-0.2, -0.15) is 0 Å². The Morgan fingerprint density at radius 3 is 2.43 bits per heavy atom. The zero-order valence-corrected chi connectivity index (χ0v) is 16.3. The molecular weight excluding hydrogens is 406 g/mol. The molecule has 10 heteroatoms. The molecule has 8 nitrogen and oxygen atoms in total. The third-order valence-electron chi connectivity index (χ3n) is 4.70. The van der Waals surface area contributed by atoms with Crippen molar-refractivity contribution in [1.29, 1.82) is 0 Å². The summed E-state index contributed by atoms with van der Waals surface area (Å²) in [6.07, 6.45) is 0.0943. The molecule has 1 fully saturated rings. The van der Waals surface area contributed by atoms with Gasteiger partial charge in [-0.1, -0.05) is 0 Å². The lowest BCUT2D eigenvalue weighted by molar-refractivity contribution is 0.102. The number of amides is 1. The molecule has 1 N–H and O–H groups in total. The third kappa shape index (κ3) is 3.57. The van der Waals surface area contributed by atoms with Crippen molar-refractivity contribution in [2.24, 2.45) is 0 Å². The van der Waals surface area contributed by atoms with Gasteiger partial charge in [0, 0.05) is 17.3 Å². The highest BCUT2D eigenvalue weighted by atomic mass is 32.2. The van der Waals surface area contributed by atoms with Crippen LogP contribution >= 0.6 is 0 Å². The third-order valence-corrected chi connectivity index (χ3v) is 8.89. The number of fused-ring (bicyclic) bond motifs is 1. The second kappa shape index (κ2) is 6.78. The summed E-state index contributed by atoms with van der Waals surface area (Å²) in [5.74, 6) is 0.243. The Labute approximate surface area is 162 Å². The Balaban J connectivity index is 1.49. The minimum absolute atomic E-state index is 0.00855. The fourth-order valence-corrected chi connectivity index (χ4v) is 7.53. The molecule has 148 valence electrons. The van der Waals surface area contributed by atoms with E-state index < -0.39 is 30.8 Å². The fraction of sp³-hybridized carbons (Fsp3) is 0.278. The first-order valence-electron chi connectivity index (χ1n) is 8.50. The SMILES string of the molecule is O=C(Nc1ccc2c(c1)OCO2)c1ccc(S(=O)(=O)C2CCS(=O)(=O)C2)cc1. The Morgan fingerprint density at radius 1 is 1.04 bits per heavy atom. The minimum Gasteiger partial charge on any atom is -0.454 e. The number of ether oxygens (including phenoxy) is 2. The van der Waals surface area contributed by atoms with Crippen LogP contribution in [0.15, 0.2) is 47.4 Å². The summed E-state index contributed by atoms with van der Waals surface area (Å²) in [7, 11) is -7.07. The van der Waals surface area contributed by atoms with E-state index in [0.29, 0.717) is 17.2 Å². The molecule has 4 rings (SSSR count). The van der Waals surface area contributed by atoms with Gasteiger partial charge in [-0.05, 0) is 42.8 Å². The summed E-state index contributed by atoms with van der Waals surface area (Å²) in [4.78, 5) is 12.4. The molecule has 0 aliphatic carbocycles. The van der Waals surface area contributed by atoms with Gasteiger partial charge in [-0.3, -0.25) is 4.79 Å². The Morgan fingerprint density at radius 2 is 1.75 bits per heavy atom. The van der Waals surface area contributed by atoms with Crippen LogP contribution < -0.4 is 14.8 Å². The summed E-state index contributed by atoms with van der Waals surface area (Å²) in [6, 6.07) is 10.5. The van der Waals surface area contributed by atoms with Gasteiger partial charge in [0.15, 0.2) is 31.2 Å². The minimum atomic E-state index is -3.76. The van der Waals surface area contributed by atoms with Crippen LogP contribution in [0.1, 0.15) is 16.8 Å². The molecule has 1 amide bonds. The predicted molar refractivity (Wildman–Crippen MR) is 101 cm³/mol. The van der Waals surface area contributed by atoms with E-state index in [-0.39, 0.29) is 35.2 Å². The van der Waals surface area contributed by atoms with E-state index in [4.69, 9.17) is 9.47 Å². The largest absolute Gasteiger partial charge is 0.454 e. The molecule has 0 bridgehead atoms. The van der Waals surface area contributed by atoms with Gasteiger partial charge in [-0.25, -0.2) is 16.8 Å². The Hall–Kier alpha value is -2.59. The first-order valence-corrected chi connectivity index (χ1v) is 11.9. The Bertz CT molecular complexity index is 1140. The number of anilines is 1. The number of hydrogen-bond acceptors (Lipinski definition) is 7. The molecular formula is C18H17NO7S2. The van der Waals surface area contributed by atoms with E-state index in [1.807, 2.05) is 0 Å². The number of hydrogen-bond donors (Lipinski definition) is 1. The number of benzene rings is 2. The monoisotopic (exact) mass is 423 g/mol. The molecule has 2 aromatic carbocycles. The van der Waals surface area contributed by atoms with E-state index in [1.165, 1.54) is 24.3 Å². The highest BCUT2D eigenvalue weighted by Gasteiger charge is 2.38. The molecule has 0 aromatic heterocycles. The average molecular weight is 423 g/mol. The molecule has 2 aliphatic rings. The van der Waals surface area contributed by atoms with Crippen LogP contribution in [0, 0.1) is 0 Å². The maximum Gasteiger partial charge on any atom is 0.255 e. The quantitative estimate of drug-likeness (QED) is 0.794. The average Bonchev–Trinajstić information content (AvgIpc) is 3.27. The maximum atomic E-state index is 12.6. The lowest BCUT2D eigenvalue weighted by Crippen LogP contribution is -2.22. The molecule has 2 heterocycles. The smallest absolute Gasteiger partial charge is 0.255 e. The highest BCUT2D eigenvalue weighted by molar-refractivity contribution is 7.96. The van der Waals surface area contributed by atoms with Crippen molar-refractivity contribution in [2.75, 3.05) is 23.6 Å². The lowest BCUT2D eigenvalue weighted by Gasteiger charge is -2.11. The summed E-state index contributed by atoms with van der Waals surface area (Å²) in [5.41, 5.74) is 0.790. The molecule has 0 spiro atoms. The molecule has 28 heavy (non-hydrogen) atoms. The number of carbonyl (C=O) groups excluding carboxylic acids is 1. The predicted octanol–water partition coefficient (Wildman–Crippen LogP) is 1.63. The zero-order valence-electron chi connectivity index (χ0n) is 14.6. The van der Waals surface area contributed by atoms with Crippen LogP contribution in [-0.4, -0.2) is 46.3 Å². The highest BCUT2D eigenvalue weighted by Crippen LogP contribution is 2.34. The molecule has 0 radical (unpaired) electrons. The second-order valence-corrected chi connectivity index (χ2v) is 11.1. The first kappa shape index (κ1) is 18.8. The zero-order chi connectivity index (χ0) is 19.9. The van der Waals surface area contributed by atoms with E-state index in [9.17, 15) is 21.6 Å². The second-order valence-electron chi connectivity index (χ2n) is 6.62. The first-order chi connectivity index (χ1) is 13.2. The number of rotatable bonds is 4. The number of carbonyl (C=O) groups is 1. The van der Waals surface area contributed by atoms with Crippen LogP contribution in [0.4, 0.5) is 5.69 Å². The van der Waals surface area contributed by atoms with Crippen molar-refractivity contribution < 1.29 is 31.1 Å². The van der Waals surface area contributed by atoms with E-state index >= 15 is 0 Å². The van der Waals surface area contributed by atoms with Gasteiger partial charge < -0.3 is 14.8 Å². The maximum absolute atomic E-state index is 12.6. The summed E-state index contributed by atoms with van der Waals surface area (Å²) in [5, 5.41) is 1.77. The van der Waals surface area contributed by atoms with Crippen molar-refractivity contribution in [3.8, 4) is 11.5 Å². The summed E-state index contributed by atoms with van der Waals surface area (Å²) in [6.45, 7) is 0.130. The standard InChI is InChI=1S/C18H17NO7S2/c20-18(19-13-3-6-16-17(9-13)26-11-25-16)12-1-4-14(5-2-12)28(23,24)15-7-8-27(21,22)10-15/h1-6,9,15H,7-8,10-11H2,(H,19,20). The van der Waals surface area contributed by atoms with E-state index in [0.717, 1.165) is 0 Å². The van der Waals surface area contributed by atoms with Crippen LogP contribution in [0.25, 0.3) is 0 Å². The number of nitrogens with one attached hydrogen (secondary N) is 1. The van der Waals surface area contributed by atoms with Gasteiger partial charge in [-0.15, -0.1) is 0 Å². The summed E-state index contributed by atoms with van der Waals surface area (Å²) < 4.78 is 58.8. The van der Waals surface area contributed by atoms with Crippen molar-refractivity contribution in [3.05, 3.63) is 48.0 Å². The van der Waals surface area contributed by atoms with Crippen molar-refractivity contribution >= 4 is 31.3 Å². The topological polar surface area (TPSA) is 116 Å². The molecule has 2 aliphatic heterocycles. The molecule has 1 atom stereocenters. The number of sulfone groups is 2. The lowest BCUT2D eigenvalue weighted by atomic mass is 10.2. The van der Waals surface area contributed by atoms with E-state index in [2.05, 4.69) is 5.32 Å². The van der Waals surface area contributed by atoms with Gasteiger partial charge in [0.2, 0.25) is 6.79 Å². The van der Waals surface area contributed by atoms with Gasteiger partial charge in [0.1, 0.15) is 0 Å². The van der Waals surface area contributed by atoms with Gasteiger partial charge >= 0.3 is 0 Å². The van der Waals surface area contributed by atoms with Gasteiger partial charge in [0.05, 0.1) is 21.7 Å². The van der Waals surface area contributed by atoms with E-state index in [1.54, 1.807) is 18.2 Å².